The molecule has 0 aliphatic heterocycles. The van der Waals surface area contributed by atoms with Crippen molar-refractivity contribution in [2.75, 3.05) is 20.8 Å². The first-order valence-corrected chi connectivity index (χ1v) is 8.48. The van der Waals surface area contributed by atoms with Crippen LogP contribution < -0.4 is 14.8 Å². The molecule has 0 heterocycles. The summed E-state index contributed by atoms with van der Waals surface area (Å²) >= 11 is 6.20. The Morgan fingerprint density at radius 1 is 1.26 bits per heavy atom. The minimum absolute atomic E-state index is 0.335. The summed E-state index contributed by atoms with van der Waals surface area (Å²) in [6.07, 6.45) is 1.27. The molecule has 1 aromatic rings. The highest BCUT2D eigenvalue weighted by atomic mass is 35.5. The second-order valence-electron chi connectivity index (χ2n) is 5.28. The van der Waals surface area contributed by atoms with Gasteiger partial charge in [0.25, 0.3) is 5.91 Å². The Balaban J connectivity index is 2.78. The lowest BCUT2D eigenvalue weighted by atomic mass is 10.2. The van der Waals surface area contributed by atoms with Gasteiger partial charge in [0, 0.05) is 6.08 Å². The molecular weight excluding hydrogens is 378 g/mol. The SMILES string of the molecule is CCCOc1c(Cl)cc(/C=C/C(=O)O[C@H](C)C(=O)NC(=O)OC)cc1OC. The van der Waals surface area contributed by atoms with Crippen LogP contribution in [-0.4, -0.2) is 44.9 Å². The number of methoxy groups -OCH3 is 2. The predicted octanol–water partition coefficient (Wildman–Crippen LogP) is 2.96. The zero-order valence-corrected chi connectivity index (χ0v) is 16.3. The van der Waals surface area contributed by atoms with E-state index >= 15 is 0 Å². The van der Waals surface area contributed by atoms with E-state index in [1.54, 1.807) is 12.1 Å². The molecule has 0 aliphatic rings. The van der Waals surface area contributed by atoms with Crippen LogP contribution in [0.4, 0.5) is 4.79 Å². The smallest absolute Gasteiger partial charge is 0.413 e. The molecule has 0 saturated heterocycles. The van der Waals surface area contributed by atoms with Gasteiger partial charge in [0.05, 0.1) is 25.8 Å². The molecule has 0 fully saturated rings. The molecule has 148 valence electrons. The fraction of sp³-hybridized carbons (Fsp3) is 0.389. The van der Waals surface area contributed by atoms with Crippen LogP contribution in [0.1, 0.15) is 25.8 Å². The zero-order valence-electron chi connectivity index (χ0n) is 15.5. The van der Waals surface area contributed by atoms with E-state index in [9.17, 15) is 14.4 Å². The highest BCUT2D eigenvalue weighted by Crippen LogP contribution is 2.36. The van der Waals surface area contributed by atoms with Gasteiger partial charge in [-0.2, -0.15) is 0 Å². The van der Waals surface area contributed by atoms with E-state index in [-0.39, 0.29) is 0 Å². The summed E-state index contributed by atoms with van der Waals surface area (Å²) in [6, 6.07) is 3.25. The van der Waals surface area contributed by atoms with E-state index in [0.717, 1.165) is 19.6 Å². The third kappa shape index (κ3) is 7.18. The van der Waals surface area contributed by atoms with Gasteiger partial charge in [-0.15, -0.1) is 0 Å². The van der Waals surface area contributed by atoms with Crippen LogP contribution in [0.2, 0.25) is 5.02 Å². The summed E-state index contributed by atoms with van der Waals surface area (Å²) in [4.78, 5) is 34.4. The Labute approximate surface area is 162 Å². The number of ether oxygens (including phenoxy) is 4. The van der Waals surface area contributed by atoms with E-state index in [2.05, 4.69) is 4.74 Å². The second-order valence-corrected chi connectivity index (χ2v) is 5.68. The molecule has 1 rings (SSSR count). The van der Waals surface area contributed by atoms with Crippen molar-refractivity contribution in [1.82, 2.24) is 5.32 Å². The van der Waals surface area contributed by atoms with Crippen LogP contribution in [0, 0.1) is 0 Å². The van der Waals surface area contributed by atoms with Crippen molar-refractivity contribution in [3.8, 4) is 11.5 Å². The Hall–Kier alpha value is -2.74. The lowest BCUT2D eigenvalue weighted by molar-refractivity contribution is -0.149. The van der Waals surface area contributed by atoms with Gasteiger partial charge < -0.3 is 18.9 Å². The fourth-order valence-electron chi connectivity index (χ4n) is 1.86. The van der Waals surface area contributed by atoms with Gasteiger partial charge in [0.1, 0.15) is 0 Å². The number of amides is 2. The molecule has 0 radical (unpaired) electrons. The lowest BCUT2D eigenvalue weighted by Gasteiger charge is -2.13. The first-order chi connectivity index (χ1) is 12.8. The van der Waals surface area contributed by atoms with Gasteiger partial charge in [-0.05, 0) is 37.1 Å². The number of hydrogen-bond acceptors (Lipinski definition) is 7. The van der Waals surface area contributed by atoms with Crippen molar-refractivity contribution in [3.05, 3.63) is 28.8 Å². The quantitative estimate of drug-likeness (QED) is 0.529. The molecule has 8 nitrogen and oxygen atoms in total. The maximum absolute atomic E-state index is 11.8. The summed E-state index contributed by atoms with van der Waals surface area (Å²) < 4.78 is 20.0. The number of hydrogen-bond donors (Lipinski definition) is 1. The summed E-state index contributed by atoms with van der Waals surface area (Å²) in [6.45, 7) is 3.78. The number of esters is 1. The van der Waals surface area contributed by atoms with Gasteiger partial charge in [-0.1, -0.05) is 18.5 Å². The third-order valence-corrected chi connectivity index (χ3v) is 3.47. The number of benzene rings is 1. The van der Waals surface area contributed by atoms with Crippen molar-refractivity contribution in [2.24, 2.45) is 0 Å². The Morgan fingerprint density at radius 3 is 2.56 bits per heavy atom. The highest BCUT2D eigenvalue weighted by molar-refractivity contribution is 6.32. The normalized spacial score (nSPS) is 11.6. The average Bonchev–Trinajstić information content (AvgIpc) is 2.64. The zero-order chi connectivity index (χ0) is 20.4. The van der Waals surface area contributed by atoms with Crippen LogP contribution in [0.5, 0.6) is 11.5 Å². The maximum Gasteiger partial charge on any atom is 0.413 e. The Bertz CT molecular complexity index is 718. The third-order valence-electron chi connectivity index (χ3n) is 3.19. The molecule has 2 amide bonds. The van der Waals surface area contributed by atoms with E-state index in [0.29, 0.717) is 28.7 Å². The number of rotatable bonds is 8. The topological polar surface area (TPSA) is 100 Å². The Morgan fingerprint density at radius 2 is 1.96 bits per heavy atom. The van der Waals surface area contributed by atoms with Crippen molar-refractivity contribution < 1.29 is 33.3 Å². The van der Waals surface area contributed by atoms with Crippen LogP contribution in [0.3, 0.4) is 0 Å². The average molecular weight is 400 g/mol. The van der Waals surface area contributed by atoms with Crippen LogP contribution in [0.15, 0.2) is 18.2 Å². The van der Waals surface area contributed by atoms with Crippen molar-refractivity contribution in [2.45, 2.75) is 26.4 Å². The van der Waals surface area contributed by atoms with Gasteiger partial charge >= 0.3 is 12.1 Å². The second kappa shape index (κ2) is 11.1. The molecule has 0 saturated carbocycles. The molecule has 0 spiro atoms. The molecule has 0 aromatic heterocycles. The molecule has 9 heteroatoms. The number of alkyl carbamates (subject to hydrolysis) is 1. The molecule has 1 aromatic carbocycles. The van der Waals surface area contributed by atoms with Crippen molar-refractivity contribution >= 4 is 35.6 Å². The molecule has 0 bridgehead atoms. The number of carbonyl (C=O) groups excluding carboxylic acids is 3. The van der Waals surface area contributed by atoms with Gasteiger partial charge in [0.15, 0.2) is 17.6 Å². The largest absolute Gasteiger partial charge is 0.493 e. The molecule has 1 N–H and O–H groups in total. The van der Waals surface area contributed by atoms with Gasteiger partial charge in [-0.3, -0.25) is 10.1 Å². The van der Waals surface area contributed by atoms with E-state index in [1.165, 1.54) is 20.1 Å². The predicted molar refractivity (Wildman–Crippen MR) is 98.9 cm³/mol. The Kier molecular flexibility index (Phi) is 9.15. The molecule has 0 aliphatic carbocycles. The van der Waals surface area contributed by atoms with E-state index in [4.69, 9.17) is 25.8 Å². The highest BCUT2D eigenvalue weighted by Gasteiger charge is 2.19. The van der Waals surface area contributed by atoms with Crippen LogP contribution in [-0.2, 0) is 19.1 Å². The number of carbonyl (C=O) groups is 3. The summed E-state index contributed by atoms with van der Waals surface area (Å²) in [5.74, 6) is -0.724. The van der Waals surface area contributed by atoms with Crippen molar-refractivity contribution in [3.63, 3.8) is 0 Å². The molecule has 0 unspecified atom stereocenters. The van der Waals surface area contributed by atoms with E-state index in [1.807, 2.05) is 12.2 Å². The number of imide groups is 1. The maximum atomic E-state index is 11.8. The monoisotopic (exact) mass is 399 g/mol. The molecule has 1 atom stereocenters. The fourth-order valence-corrected chi connectivity index (χ4v) is 2.14. The van der Waals surface area contributed by atoms with E-state index < -0.39 is 24.1 Å². The minimum atomic E-state index is -1.18. The van der Waals surface area contributed by atoms with Gasteiger partial charge in [0.2, 0.25) is 0 Å². The minimum Gasteiger partial charge on any atom is -0.493 e. The summed E-state index contributed by atoms with van der Waals surface area (Å²) in [7, 11) is 2.59. The molecular formula is C18H22ClNO7. The number of nitrogens with one attached hydrogen (secondary N) is 1. The first kappa shape index (κ1) is 22.3. The summed E-state index contributed by atoms with van der Waals surface area (Å²) in [5.41, 5.74) is 0.573. The lowest BCUT2D eigenvalue weighted by Crippen LogP contribution is -2.39. The summed E-state index contributed by atoms with van der Waals surface area (Å²) in [5, 5.41) is 2.24. The first-order valence-electron chi connectivity index (χ1n) is 8.10. The van der Waals surface area contributed by atoms with Crippen LogP contribution in [0.25, 0.3) is 6.08 Å². The molecule has 27 heavy (non-hydrogen) atoms. The standard InChI is InChI=1S/C18H22ClNO7/c1-5-8-26-16-13(19)9-12(10-14(16)24-3)6-7-15(21)27-11(2)17(22)20-18(23)25-4/h6-7,9-11H,5,8H2,1-4H3,(H,20,22,23)/b7-6+/t11-/m1/s1. The van der Waals surface area contributed by atoms with Crippen molar-refractivity contribution in [1.29, 1.82) is 0 Å². The number of halogens is 1. The van der Waals surface area contributed by atoms with Crippen LogP contribution >= 0.6 is 11.6 Å². The van der Waals surface area contributed by atoms with Gasteiger partial charge in [-0.25, -0.2) is 9.59 Å².